The maximum atomic E-state index is 11.9. The van der Waals surface area contributed by atoms with Crippen molar-refractivity contribution in [3.63, 3.8) is 0 Å². The monoisotopic (exact) mass is 266 g/mol. The van der Waals surface area contributed by atoms with Crippen LogP contribution in [0, 0.1) is 0 Å². The Morgan fingerprint density at radius 3 is 2.76 bits per heavy atom. The number of ether oxygens (including phenoxy) is 1. The fourth-order valence-electron chi connectivity index (χ4n) is 1.69. The highest BCUT2D eigenvalue weighted by Crippen LogP contribution is 2.41. The van der Waals surface area contributed by atoms with Crippen LogP contribution in [0.3, 0.4) is 0 Å². The van der Waals surface area contributed by atoms with Gasteiger partial charge in [-0.3, -0.25) is 0 Å². The van der Waals surface area contributed by atoms with Crippen LogP contribution < -0.4 is 0 Å². The van der Waals surface area contributed by atoms with Crippen LogP contribution in [0.5, 0.6) is 0 Å². The zero-order valence-corrected chi connectivity index (χ0v) is 10.6. The largest absolute Gasteiger partial charge is 0.465 e. The van der Waals surface area contributed by atoms with E-state index in [1.54, 1.807) is 41.9 Å². The molecular weight excluding hydrogens is 256 g/mol. The minimum absolute atomic E-state index is 0.259. The molecule has 1 aromatic rings. The van der Waals surface area contributed by atoms with E-state index in [1.807, 2.05) is 12.2 Å². The molecule has 88 valence electrons. The van der Waals surface area contributed by atoms with Crippen molar-refractivity contribution in [2.45, 2.75) is 6.10 Å². The Bertz CT molecular complexity index is 480. The van der Waals surface area contributed by atoms with Crippen molar-refractivity contribution < 1.29 is 13.9 Å². The number of furan rings is 1. The summed E-state index contributed by atoms with van der Waals surface area (Å²) in [4.78, 5) is 11.9. The first kappa shape index (κ1) is 11.0. The number of esters is 1. The smallest absolute Gasteiger partial charge is 0.340 e. The van der Waals surface area contributed by atoms with Gasteiger partial charge in [-0.2, -0.15) is 0 Å². The highest BCUT2D eigenvalue weighted by Gasteiger charge is 2.27. The molecule has 0 aromatic carbocycles. The normalized spacial score (nSPS) is 24.2. The Balaban J connectivity index is 1.87. The zero-order valence-electron chi connectivity index (χ0n) is 8.92. The van der Waals surface area contributed by atoms with Gasteiger partial charge in [0.2, 0.25) is 0 Å². The van der Waals surface area contributed by atoms with Gasteiger partial charge in [-0.15, -0.1) is 23.5 Å². The summed E-state index contributed by atoms with van der Waals surface area (Å²) in [5.41, 5.74) is 0.681. The van der Waals surface area contributed by atoms with Crippen molar-refractivity contribution in [1.29, 1.82) is 0 Å². The standard InChI is InChI=1S/C12H10O3S2/c13-11-8(12-16-6-7-17-12)3-4-10(15-11)9-2-1-5-14-9/h1-5,10H,6-7H2. The summed E-state index contributed by atoms with van der Waals surface area (Å²) in [6.45, 7) is 0. The van der Waals surface area contributed by atoms with E-state index in [0.29, 0.717) is 11.3 Å². The summed E-state index contributed by atoms with van der Waals surface area (Å²) in [6, 6.07) is 3.59. The van der Waals surface area contributed by atoms with Gasteiger partial charge in [-0.05, 0) is 24.3 Å². The van der Waals surface area contributed by atoms with Crippen molar-refractivity contribution in [3.8, 4) is 0 Å². The van der Waals surface area contributed by atoms with Gasteiger partial charge in [0.05, 0.1) is 16.1 Å². The van der Waals surface area contributed by atoms with Gasteiger partial charge in [0.25, 0.3) is 0 Å². The van der Waals surface area contributed by atoms with E-state index in [4.69, 9.17) is 9.15 Å². The number of carbonyl (C=O) groups excluding carboxylic acids is 1. The minimum Gasteiger partial charge on any atom is -0.465 e. The summed E-state index contributed by atoms with van der Waals surface area (Å²) in [5, 5.41) is 0. The minimum atomic E-state index is -0.391. The Kier molecular flexibility index (Phi) is 3.03. The molecule has 2 aliphatic rings. The van der Waals surface area contributed by atoms with Crippen LogP contribution in [0.1, 0.15) is 11.9 Å². The highest BCUT2D eigenvalue weighted by atomic mass is 32.2. The van der Waals surface area contributed by atoms with Crippen LogP contribution in [0.25, 0.3) is 0 Å². The van der Waals surface area contributed by atoms with Gasteiger partial charge in [0.1, 0.15) is 5.76 Å². The summed E-state index contributed by atoms with van der Waals surface area (Å²) >= 11 is 3.44. The van der Waals surface area contributed by atoms with Gasteiger partial charge in [0, 0.05) is 11.5 Å². The lowest BCUT2D eigenvalue weighted by atomic mass is 10.1. The lowest BCUT2D eigenvalue weighted by molar-refractivity contribution is -0.143. The molecule has 5 heteroatoms. The second-order valence-corrected chi connectivity index (χ2v) is 6.07. The molecule has 0 bridgehead atoms. The molecule has 1 fully saturated rings. The molecule has 3 rings (SSSR count). The topological polar surface area (TPSA) is 39.4 Å². The predicted molar refractivity (Wildman–Crippen MR) is 68.6 cm³/mol. The third-order valence-electron chi connectivity index (χ3n) is 2.48. The molecule has 0 aliphatic carbocycles. The van der Waals surface area contributed by atoms with Crippen LogP contribution in [-0.2, 0) is 9.53 Å². The Labute approximate surface area is 107 Å². The summed E-state index contributed by atoms with van der Waals surface area (Å²) < 4.78 is 11.7. The summed E-state index contributed by atoms with van der Waals surface area (Å²) in [7, 11) is 0. The van der Waals surface area contributed by atoms with Gasteiger partial charge in [0.15, 0.2) is 6.10 Å². The maximum absolute atomic E-state index is 11.9. The van der Waals surface area contributed by atoms with Gasteiger partial charge in [-0.1, -0.05) is 0 Å². The van der Waals surface area contributed by atoms with Crippen LogP contribution >= 0.6 is 23.5 Å². The zero-order chi connectivity index (χ0) is 11.7. The summed E-state index contributed by atoms with van der Waals surface area (Å²) in [6.07, 6.45) is 4.90. The van der Waals surface area contributed by atoms with Crippen LogP contribution in [0.15, 0.2) is 44.8 Å². The number of hydrogen-bond donors (Lipinski definition) is 0. The molecule has 1 unspecified atom stereocenters. The molecule has 0 N–H and O–H groups in total. The lowest BCUT2D eigenvalue weighted by Crippen LogP contribution is -2.15. The number of hydrogen-bond acceptors (Lipinski definition) is 5. The molecule has 3 heterocycles. The molecule has 3 nitrogen and oxygen atoms in total. The fourth-order valence-corrected chi connectivity index (χ4v) is 4.18. The quantitative estimate of drug-likeness (QED) is 0.577. The van der Waals surface area contributed by atoms with Crippen LogP contribution in [0.2, 0.25) is 0 Å². The van der Waals surface area contributed by atoms with Gasteiger partial charge in [-0.25, -0.2) is 4.79 Å². The van der Waals surface area contributed by atoms with Gasteiger partial charge >= 0.3 is 5.97 Å². The Hall–Kier alpha value is -1.07. The van der Waals surface area contributed by atoms with Crippen molar-refractivity contribution in [2.75, 3.05) is 11.5 Å². The molecule has 2 aliphatic heterocycles. The molecule has 0 saturated carbocycles. The number of carbonyl (C=O) groups is 1. The van der Waals surface area contributed by atoms with E-state index < -0.39 is 6.10 Å². The van der Waals surface area contributed by atoms with Crippen molar-refractivity contribution in [3.05, 3.63) is 46.1 Å². The Morgan fingerprint density at radius 1 is 1.29 bits per heavy atom. The van der Waals surface area contributed by atoms with E-state index in [2.05, 4.69) is 0 Å². The fraction of sp³-hybridized carbons (Fsp3) is 0.250. The summed E-state index contributed by atoms with van der Waals surface area (Å²) in [5.74, 6) is 2.52. The van der Waals surface area contributed by atoms with Crippen molar-refractivity contribution >= 4 is 29.5 Å². The van der Waals surface area contributed by atoms with Gasteiger partial charge < -0.3 is 9.15 Å². The van der Waals surface area contributed by atoms with Crippen LogP contribution in [-0.4, -0.2) is 17.5 Å². The first-order chi connectivity index (χ1) is 8.34. The molecule has 0 radical (unpaired) electrons. The molecule has 1 atom stereocenters. The molecular formula is C12H10O3S2. The molecule has 1 saturated heterocycles. The molecule has 17 heavy (non-hydrogen) atoms. The lowest BCUT2D eigenvalue weighted by Gasteiger charge is -2.17. The number of cyclic esters (lactones) is 1. The molecule has 0 spiro atoms. The number of rotatable bonds is 1. The molecule has 1 aromatic heterocycles. The third-order valence-corrected chi connectivity index (χ3v) is 5.23. The second kappa shape index (κ2) is 4.66. The number of thioether (sulfide) groups is 2. The average molecular weight is 266 g/mol. The van der Waals surface area contributed by atoms with E-state index in [9.17, 15) is 4.79 Å². The first-order valence-corrected chi connectivity index (χ1v) is 7.24. The predicted octanol–water partition coefficient (Wildman–Crippen LogP) is 3.13. The van der Waals surface area contributed by atoms with E-state index >= 15 is 0 Å². The maximum Gasteiger partial charge on any atom is 0.340 e. The van der Waals surface area contributed by atoms with E-state index in [0.717, 1.165) is 15.7 Å². The first-order valence-electron chi connectivity index (χ1n) is 5.27. The highest BCUT2D eigenvalue weighted by molar-refractivity contribution is 8.25. The Morgan fingerprint density at radius 2 is 2.12 bits per heavy atom. The SMILES string of the molecule is O=C1OC(c2ccco2)C=CC1=C1SCCS1. The van der Waals surface area contributed by atoms with E-state index in [1.165, 1.54) is 0 Å². The molecule has 0 amide bonds. The second-order valence-electron chi connectivity index (χ2n) is 3.60. The van der Waals surface area contributed by atoms with Crippen molar-refractivity contribution in [2.24, 2.45) is 0 Å². The average Bonchev–Trinajstić information content (AvgIpc) is 3.02. The van der Waals surface area contributed by atoms with Crippen LogP contribution in [0.4, 0.5) is 0 Å². The van der Waals surface area contributed by atoms with E-state index in [-0.39, 0.29) is 5.97 Å². The third kappa shape index (κ3) is 2.17. The van der Waals surface area contributed by atoms with Crippen molar-refractivity contribution in [1.82, 2.24) is 0 Å².